The lowest BCUT2D eigenvalue weighted by molar-refractivity contribution is -0.137. The molecule has 24 heavy (non-hydrogen) atoms. The molecule has 0 radical (unpaired) electrons. The Hall–Kier alpha value is -2.66. The number of hydrogen-bond donors (Lipinski definition) is 2. The van der Waals surface area contributed by atoms with Gasteiger partial charge in [-0.3, -0.25) is 5.41 Å². The first-order valence-electron chi connectivity index (χ1n) is 7.15. The van der Waals surface area contributed by atoms with Crippen LogP contribution in [0.15, 0.2) is 54.1 Å². The molecule has 2 aromatic rings. The van der Waals surface area contributed by atoms with Crippen LogP contribution >= 0.6 is 11.6 Å². The number of carbonyl (C=O) groups excluding carboxylic acids is 1. The summed E-state index contributed by atoms with van der Waals surface area (Å²) in [5, 5.41) is 19.0. The second kappa shape index (κ2) is 7.75. The van der Waals surface area contributed by atoms with Crippen molar-refractivity contribution in [1.29, 1.82) is 5.41 Å². The Kier molecular flexibility index (Phi) is 5.71. The third-order valence-electron chi connectivity index (χ3n) is 3.23. The highest BCUT2D eigenvalue weighted by atomic mass is 35.5. The molecule has 0 unspecified atom stereocenters. The first-order valence-corrected chi connectivity index (χ1v) is 7.53. The molecule has 0 saturated carbocycles. The molecule has 0 amide bonds. The molecule has 124 valence electrons. The summed E-state index contributed by atoms with van der Waals surface area (Å²) in [4.78, 5) is 12.3. The van der Waals surface area contributed by atoms with Crippen molar-refractivity contribution in [2.24, 2.45) is 0 Å². The van der Waals surface area contributed by atoms with Gasteiger partial charge in [-0.05, 0) is 43.3 Å². The third-order valence-corrected chi connectivity index (χ3v) is 3.56. The lowest BCUT2D eigenvalue weighted by Gasteiger charge is -2.13. The molecule has 0 aliphatic rings. The number of nitrogens with one attached hydrogen (secondary N) is 1. The first kappa shape index (κ1) is 17.7. The van der Waals surface area contributed by atoms with Gasteiger partial charge in [0.15, 0.2) is 0 Å². The van der Waals surface area contributed by atoms with Crippen molar-refractivity contribution in [3.8, 4) is 0 Å². The van der Waals surface area contributed by atoms with Crippen LogP contribution in [0.3, 0.4) is 0 Å². The number of aliphatic hydroxyl groups excluding tert-OH is 1. The number of halogens is 2. The Morgan fingerprint density at radius 2 is 1.83 bits per heavy atom. The molecule has 0 bridgehead atoms. The van der Waals surface area contributed by atoms with E-state index in [-0.39, 0.29) is 34.0 Å². The van der Waals surface area contributed by atoms with E-state index in [4.69, 9.17) is 21.7 Å². The van der Waals surface area contributed by atoms with Gasteiger partial charge in [-0.25, -0.2) is 9.18 Å². The summed E-state index contributed by atoms with van der Waals surface area (Å²) in [5.41, 5.74) is -0.158. The van der Waals surface area contributed by atoms with Crippen LogP contribution in [0.4, 0.5) is 4.39 Å². The van der Waals surface area contributed by atoms with Crippen molar-refractivity contribution in [2.45, 2.75) is 6.92 Å². The topological polar surface area (TPSA) is 70.4 Å². The lowest BCUT2D eigenvalue weighted by Crippen LogP contribution is -2.18. The largest absolute Gasteiger partial charge is 0.506 e. The van der Waals surface area contributed by atoms with Crippen molar-refractivity contribution >= 4 is 29.0 Å². The summed E-state index contributed by atoms with van der Waals surface area (Å²) in [6, 6.07) is 11.4. The van der Waals surface area contributed by atoms with E-state index < -0.39 is 17.5 Å². The highest BCUT2D eigenvalue weighted by molar-refractivity contribution is 6.34. The molecular weight excluding hydrogens is 333 g/mol. The van der Waals surface area contributed by atoms with E-state index in [0.717, 1.165) is 0 Å². The number of ether oxygens (including phenoxy) is 1. The van der Waals surface area contributed by atoms with Gasteiger partial charge in [0.1, 0.15) is 17.1 Å². The van der Waals surface area contributed by atoms with Crippen molar-refractivity contribution < 1.29 is 19.0 Å². The molecule has 0 aliphatic heterocycles. The Bertz CT molecular complexity index is 800. The average Bonchev–Trinajstić information content (AvgIpc) is 2.56. The number of esters is 1. The maximum atomic E-state index is 13.1. The number of aliphatic hydroxyl groups is 1. The molecule has 2 rings (SSSR count). The zero-order valence-corrected chi connectivity index (χ0v) is 13.6. The summed E-state index contributed by atoms with van der Waals surface area (Å²) in [5.74, 6) is -1.79. The first-order chi connectivity index (χ1) is 11.5. The van der Waals surface area contributed by atoms with E-state index in [1.165, 1.54) is 30.3 Å². The van der Waals surface area contributed by atoms with Crippen LogP contribution in [-0.4, -0.2) is 23.4 Å². The second-order valence-corrected chi connectivity index (χ2v) is 5.21. The Balaban J connectivity index is 2.58. The van der Waals surface area contributed by atoms with Crippen molar-refractivity contribution in [3.05, 3.63) is 76.1 Å². The minimum absolute atomic E-state index is 0.0782. The molecule has 0 heterocycles. The smallest absolute Gasteiger partial charge is 0.344 e. The fourth-order valence-corrected chi connectivity index (χ4v) is 2.29. The summed E-state index contributed by atoms with van der Waals surface area (Å²) < 4.78 is 18.0. The van der Waals surface area contributed by atoms with E-state index in [0.29, 0.717) is 0 Å². The molecular formula is C18H15ClFNO3. The molecule has 0 fully saturated rings. The van der Waals surface area contributed by atoms with Crippen LogP contribution in [0.5, 0.6) is 0 Å². The normalized spacial score (nSPS) is 11.6. The number of rotatable bonds is 5. The summed E-state index contributed by atoms with van der Waals surface area (Å²) in [6.45, 7) is 1.69. The van der Waals surface area contributed by atoms with Gasteiger partial charge >= 0.3 is 5.97 Å². The van der Waals surface area contributed by atoms with E-state index >= 15 is 0 Å². The standard InChI is InChI=1S/C18H15ClFNO3/c1-2-24-18(23)15(16(21)11-7-9-12(20)10-8-11)17(22)13-5-3-4-6-14(13)19/h3-10,21-22H,2H2,1H3. The van der Waals surface area contributed by atoms with E-state index in [2.05, 4.69) is 0 Å². The molecule has 0 aromatic heterocycles. The van der Waals surface area contributed by atoms with Crippen LogP contribution in [0.1, 0.15) is 18.1 Å². The van der Waals surface area contributed by atoms with Crippen molar-refractivity contribution in [3.63, 3.8) is 0 Å². The molecule has 0 atom stereocenters. The zero-order chi connectivity index (χ0) is 17.7. The summed E-state index contributed by atoms with van der Waals surface area (Å²) in [7, 11) is 0. The van der Waals surface area contributed by atoms with Gasteiger partial charge in [-0.1, -0.05) is 23.7 Å². The van der Waals surface area contributed by atoms with Crippen LogP contribution in [0, 0.1) is 11.2 Å². The van der Waals surface area contributed by atoms with Crippen molar-refractivity contribution in [2.75, 3.05) is 6.61 Å². The Morgan fingerprint density at radius 3 is 2.42 bits per heavy atom. The van der Waals surface area contributed by atoms with Gasteiger partial charge in [0.2, 0.25) is 0 Å². The fraction of sp³-hybridized carbons (Fsp3) is 0.111. The predicted molar refractivity (Wildman–Crippen MR) is 90.9 cm³/mol. The van der Waals surface area contributed by atoms with Crippen LogP contribution in [-0.2, 0) is 9.53 Å². The number of hydrogen-bond acceptors (Lipinski definition) is 4. The monoisotopic (exact) mass is 347 g/mol. The van der Waals surface area contributed by atoms with Gasteiger partial charge in [0.05, 0.1) is 17.3 Å². The SMILES string of the molecule is CCOC(=O)C(C(=N)c1ccc(F)cc1)=C(O)c1ccccc1Cl. The lowest BCUT2D eigenvalue weighted by atomic mass is 9.98. The van der Waals surface area contributed by atoms with Gasteiger partial charge in [-0.15, -0.1) is 0 Å². The molecule has 2 aromatic carbocycles. The Morgan fingerprint density at radius 1 is 1.21 bits per heavy atom. The number of benzene rings is 2. The molecule has 6 heteroatoms. The molecule has 2 N–H and O–H groups in total. The highest BCUT2D eigenvalue weighted by Crippen LogP contribution is 2.26. The number of carbonyl (C=O) groups is 1. The van der Waals surface area contributed by atoms with Gasteiger partial charge < -0.3 is 9.84 Å². The van der Waals surface area contributed by atoms with Crippen LogP contribution in [0.25, 0.3) is 5.76 Å². The molecule has 0 aliphatic carbocycles. The molecule has 4 nitrogen and oxygen atoms in total. The van der Waals surface area contributed by atoms with Gasteiger partial charge in [0, 0.05) is 11.1 Å². The quantitative estimate of drug-likeness (QED) is 0.365. The van der Waals surface area contributed by atoms with E-state index in [1.54, 1.807) is 25.1 Å². The highest BCUT2D eigenvalue weighted by Gasteiger charge is 2.24. The average molecular weight is 348 g/mol. The molecule has 0 spiro atoms. The van der Waals surface area contributed by atoms with Crippen LogP contribution < -0.4 is 0 Å². The van der Waals surface area contributed by atoms with Gasteiger partial charge in [0.25, 0.3) is 0 Å². The van der Waals surface area contributed by atoms with Gasteiger partial charge in [-0.2, -0.15) is 0 Å². The third kappa shape index (κ3) is 3.81. The van der Waals surface area contributed by atoms with E-state index in [1.807, 2.05) is 0 Å². The van der Waals surface area contributed by atoms with Crippen LogP contribution in [0.2, 0.25) is 5.02 Å². The fourth-order valence-electron chi connectivity index (χ4n) is 2.07. The zero-order valence-electron chi connectivity index (χ0n) is 12.8. The van der Waals surface area contributed by atoms with E-state index in [9.17, 15) is 14.3 Å². The minimum atomic E-state index is -0.857. The Labute approximate surface area is 143 Å². The molecule has 0 saturated heterocycles. The summed E-state index contributed by atoms with van der Waals surface area (Å²) in [6.07, 6.45) is 0. The second-order valence-electron chi connectivity index (χ2n) is 4.81. The predicted octanol–water partition coefficient (Wildman–Crippen LogP) is 4.38. The van der Waals surface area contributed by atoms with Crippen molar-refractivity contribution in [1.82, 2.24) is 0 Å². The maximum Gasteiger partial charge on any atom is 0.344 e. The minimum Gasteiger partial charge on any atom is -0.506 e. The maximum absolute atomic E-state index is 13.1. The summed E-state index contributed by atoms with van der Waals surface area (Å²) >= 11 is 6.05.